The molecule has 0 spiro atoms. The Morgan fingerprint density at radius 2 is 2.08 bits per heavy atom. The van der Waals surface area contributed by atoms with Crippen molar-refractivity contribution in [1.82, 2.24) is 0 Å². The summed E-state index contributed by atoms with van der Waals surface area (Å²) in [6.45, 7) is 5.09. The van der Waals surface area contributed by atoms with E-state index in [-0.39, 0.29) is 5.78 Å². The molecule has 0 atom stereocenters. The molecule has 68 valence electrons. The topological polar surface area (TPSA) is 29.1 Å². The summed E-state index contributed by atoms with van der Waals surface area (Å²) in [5, 5.41) is 2.92. The zero-order chi connectivity index (χ0) is 9.84. The fraction of sp³-hybridized carbons (Fsp3) is 0.100. The molecule has 0 bridgehead atoms. The van der Waals surface area contributed by atoms with Gasteiger partial charge in [0.05, 0.1) is 11.4 Å². The third-order valence-electron chi connectivity index (χ3n) is 1.58. The Morgan fingerprint density at radius 3 is 2.62 bits per heavy atom. The second kappa shape index (κ2) is 4.23. The molecule has 1 N–H and O–H groups in total. The average Bonchev–Trinajstić information content (AvgIpc) is 2.08. The molecule has 0 aliphatic carbocycles. The molecule has 1 rings (SSSR count). The van der Waals surface area contributed by atoms with E-state index in [9.17, 15) is 4.79 Å². The first-order valence-electron chi connectivity index (χ1n) is 3.82. The van der Waals surface area contributed by atoms with E-state index in [0.717, 1.165) is 10.2 Å². The van der Waals surface area contributed by atoms with E-state index in [4.69, 9.17) is 0 Å². The normalized spacial score (nSPS) is 9.38. The summed E-state index contributed by atoms with van der Waals surface area (Å²) >= 11 is 3.36. The first-order valence-corrected chi connectivity index (χ1v) is 4.62. The van der Waals surface area contributed by atoms with Crippen LogP contribution in [0.5, 0.6) is 0 Å². The lowest BCUT2D eigenvalue weighted by Crippen LogP contribution is -2.06. The molecule has 13 heavy (non-hydrogen) atoms. The van der Waals surface area contributed by atoms with Crippen LogP contribution in [0.25, 0.3) is 0 Å². The number of para-hydroxylation sites is 1. The number of carbonyl (C=O) groups excluding carboxylic acids is 1. The monoisotopic (exact) mass is 239 g/mol. The van der Waals surface area contributed by atoms with Crippen molar-refractivity contribution in [2.45, 2.75) is 6.92 Å². The van der Waals surface area contributed by atoms with Gasteiger partial charge < -0.3 is 5.32 Å². The highest BCUT2D eigenvalue weighted by molar-refractivity contribution is 9.10. The molecular weight excluding hydrogens is 230 g/mol. The number of allylic oxidation sites excluding steroid dienone is 1. The van der Waals surface area contributed by atoms with Crippen molar-refractivity contribution in [3.05, 3.63) is 41.0 Å². The summed E-state index contributed by atoms with van der Waals surface area (Å²) in [6.07, 6.45) is 0. The fourth-order valence-corrected chi connectivity index (χ4v) is 1.20. The lowest BCUT2D eigenvalue weighted by Gasteiger charge is -2.07. The van der Waals surface area contributed by atoms with Crippen molar-refractivity contribution in [2.24, 2.45) is 0 Å². The molecule has 2 nitrogen and oxygen atoms in total. The molecule has 0 aromatic heterocycles. The van der Waals surface area contributed by atoms with Gasteiger partial charge in [-0.3, -0.25) is 4.79 Å². The third kappa shape index (κ3) is 2.70. The maximum Gasteiger partial charge on any atom is 0.175 e. The Kier molecular flexibility index (Phi) is 3.25. The zero-order valence-electron chi connectivity index (χ0n) is 7.30. The lowest BCUT2D eigenvalue weighted by molar-refractivity contribution is -0.113. The third-order valence-corrected chi connectivity index (χ3v) is 2.28. The second-order valence-corrected chi connectivity index (χ2v) is 3.49. The minimum absolute atomic E-state index is 0.0595. The van der Waals surface area contributed by atoms with E-state index in [1.54, 1.807) is 0 Å². The number of carbonyl (C=O) groups is 1. The van der Waals surface area contributed by atoms with E-state index in [1.807, 2.05) is 24.3 Å². The number of hydrogen-bond acceptors (Lipinski definition) is 2. The van der Waals surface area contributed by atoms with Gasteiger partial charge in [0.2, 0.25) is 0 Å². The van der Waals surface area contributed by atoms with Gasteiger partial charge in [-0.25, -0.2) is 0 Å². The van der Waals surface area contributed by atoms with Crippen LogP contribution in [-0.2, 0) is 4.79 Å². The van der Waals surface area contributed by atoms with Gasteiger partial charge >= 0.3 is 0 Å². The molecule has 0 radical (unpaired) electrons. The van der Waals surface area contributed by atoms with Gasteiger partial charge in [0.1, 0.15) is 0 Å². The van der Waals surface area contributed by atoms with Gasteiger partial charge in [0, 0.05) is 11.4 Å². The Bertz CT molecular complexity index is 347. The van der Waals surface area contributed by atoms with Crippen LogP contribution in [0.3, 0.4) is 0 Å². The van der Waals surface area contributed by atoms with Crippen molar-refractivity contribution < 1.29 is 4.79 Å². The largest absolute Gasteiger partial charge is 0.352 e. The molecule has 1 aromatic carbocycles. The van der Waals surface area contributed by atoms with Crippen LogP contribution >= 0.6 is 15.9 Å². The number of halogens is 1. The van der Waals surface area contributed by atoms with Crippen LogP contribution in [0.15, 0.2) is 41.0 Å². The minimum atomic E-state index is -0.0595. The van der Waals surface area contributed by atoms with Crippen molar-refractivity contribution in [3.8, 4) is 0 Å². The fourth-order valence-electron chi connectivity index (χ4n) is 0.813. The van der Waals surface area contributed by atoms with E-state index in [2.05, 4.69) is 27.8 Å². The van der Waals surface area contributed by atoms with E-state index in [1.165, 1.54) is 6.92 Å². The Morgan fingerprint density at radius 1 is 1.46 bits per heavy atom. The average molecular weight is 240 g/mol. The molecule has 0 unspecified atom stereocenters. The summed E-state index contributed by atoms with van der Waals surface area (Å²) in [7, 11) is 0. The van der Waals surface area contributed by atoms with E-state index >= 15 is 0 Å². The predicted molar refractivity (Wildman–Crippen MR) is 57.6 cm³/mol. The SMILES string of the molecule is C=C(Nc1ccccc1Br)C(C)=O. The van der Waals surface area contributed by atoms with Crippen molar-refractivity contribution in [2.75, 3.05) is 5.32 Å². The maximum absolute atomic E-state index is 10.9. The van der Waals surface area contributed by atoms with Gasteiger partial charge in [-0.05, 0) is 28.1 Å². The quantitative estimate of drug-likeness (QED) is 0.823. The molecule has 0 aliphatic heterocycles. The van der Waals surface area contributed by atoms with E-state index < -0.39 is 0 Å². The van der Waals surface area contributed by atoms with Crippen molar-refractivity contribution in [1.29, 1.82) is 0 Å². The lowest BCUT2D eigenvalue weighted by atomic mass is 10.3. The number of benzene rings is 1. The van der Waals surface area contributed by atoms with Crippen molar-refractivity contribution in [3.63, 3.8) is 0 Å². The van der Waals surface area contributed by atoms with Crippen LogP contribution < -0.4 is 5.32 Å². The van der Waals surface area contributed by atoms with Crippen LogP contribution in [0.2, 0.25) is 0 Å². The molecule has 0 saturated carbocycles. The highest BCUT2D eigenvalue weighted by Crippen LogP contribution is 2.22. The van der Waals surface area contributed by atoms with Crippen LogP contribution in [0.4, 0.5) is 5.69 Å². The Labute approximate surface area is 85.8 Å². The molecular formula is C10H10BrNO. The molecule has 3 heteroatoms. The summed E-state index contributed by atoms with van der Waals surface area (Å²) in [5.74, 6) is -0.0595. The number of ketones is 1. The summed E-state index contributed by atoms with van der Waals surface area (Å²) < 4.78 is 0.914. The van der Waals surface area contributed by atoms with Gasteiger partial charge in [0.25, 0.3) is 0 Å². The number of hydrogen-bond donors (Lipinski definition) is 1. The van der Waals surface area contributed by atoms with Gasteiger partial charge in [-0.15, -0.1) is 0 Å². The molecule has 0 heterocycles. The van der Waals surface area contributed by atoms with Crippen molar-refractivity contribution >= 4 is 27.4 Å². The summed E-state index contributed by atoms with van der Waals surface area (Å²) in [4.78, 5) is 10.9. The summed E-state index contributed by atoms with van der Waals surface area (Å²) in [5.41, 5.74) is 1.25. The van der Waals surface area contributed by atoms with Crippen LogP contribution in [0, 0.1) is 0 Å². The first kappa shape index (κ1) is 9.99. The number of anilines is 1. The molecule has 0 fully saturated rings. The molecule has 0 aliphatic rings. The first-order chi connectivity index (χ1) is 6.11. The maximum atomic E-state index is 10.9. The van der Waals surface area contributed by atoms with E-state index in [0.29, 0.717) is 5.70 Å². The molecule has 1 aromatic rings. The summed E-state index contributed by atoms with van der Waals surface area (Å²) in [6, 6.07) is 7.57. The second-order valence-electron chi connectivity index (χ2n) is 2.64. The number of Topliss-reactive ketones (excluding diaryl/α,β-unsaturated/α-hetero) is 1. The van der Waals surface area contributed by atoms with Gasteiger partial charge in [-0.2, -0.15) is 0 Å². The Hall–Kier alpha value is -1.09. The highest BCUT2D eigenvalue weighted by Gasteiger charge is 2.02. The highest BCUT2D eigenvalue weighted by atomic mass is 79.9. The van der Waals surface area contributed by atoms with Gasteiger partial charge in [0.15, 0.2) is 5.78 Å². The minimum Gasteiger partial charge on any atom is -0.352 e. The molecule has 0 saturated heterocycles. The van der Waals surface area contributed by atoms with Crippen LogP contribution in [0.1, 0.15) is 6.92 Å². The molecule has 0 amide bonds. The van der Waals surface area contributed by atoms with Crippen LogP contribution in [-0.4, -0.2) is 5.78 Å². The number of rotatable bonds is 3. The predicted octanol–water partition coefficient (Wildman–Crippen LogP) is 2.96. The zero-order valence-corrected chi connectivity index (χ0v) is 8.89. The smallest absolute Gasteiger partial charge is 0.175 e. The Balaban J connectivity index is 2.81. The van der Waals surface area contributed by atoms with Gasteiger partial charge in [-0.1, -0.05) is 18.7 Å². The number of nitrogens with one attached hydrogen (secondary N) is 1. The standard InChI is InChI=1S/C10H10BrNO/c1-7(8(2)13)12-10-6-4-3-5-9(10)11/h3-6,12H,1H2,2H3.